The van der Waals surface area contributed by atoms with E-state index in [2.05, 4.69) is 10.6 Å². The SMILES string of the molecule is CN(C)CCNC(=O)c1cccc(NC(=O)c2cccc(C#N)c2)c1. The molecule has 2 amide bonds. The summed E-state index contributed by atoms with van der Waals surface area (Å²) in [6.07, 6.45) is 0. The van der Waals surface area contributed by atoms with Crippen molar-refractivity contribution < 1.29 is 9.59 Å². The molecule has 0 saturated heterocycles. The zero-order chi connectivity index (χ0) is 18.2. The molecule has 0 radical (unpaired) electrons. The van der Waals surface area contributed by atoms with E-state index in [9.17, 15) is 9.59 Å². The first-order valence-electron chi connectivity index (χ1n) is 7.84. The largest absolute Gasteiger partial charge is 0.351 e. The third-order valence-corrected chi connectivity index (χ3v) is 3.48. The van der Waals surface area contributed by atoms with Crippen molar-refractivity contribution in [3.05, 3.63) is 65.2 Å². The van der Waals surface area contributed by atoms with Gasteiger partial charge < -0.3 is 15.5 Å². The fraction of sp³-hybridized carbons (Fsp3) is 0.211. The first-order valence-corrected chi connectivity index (χ1v) is 7.84. The molecule has 2 rings (SSSR count). The molecule has 0 heterocycles. The van der Waals surface area contributed by atoms with Gasteiger partial charge >= 0.3 is 0 Å². The highest BCUT2D eigenvalue weighted by atomic mass is 16.2. The minimum atomic E-state index is -0.331. The van der Waals surface area contributed by atoms with E-state index in [0.717, 1.165) is 6.54 Å². The lowest BCUT2D eigenvalue weighted by molar-refractivity contribution is 0.0949. The molecule has 6 nitrogen and oxygen atoms in total. The fourth-order valence-corrected chi connectivity index (χ4v) is 2.17. The maximum absolute atomic E-state index is 12.3. The van der Waals surface area contributed by atoms with E-state index < -0.39 is 0 Å². The van der Waals surface area contributed by atoms with Crippen LogP contribution < -0.4 is 10.6 Å². The number of nitrogens with zero attached hydrogens (tertiary/aromatic N) is 2. The summed E-state index contributed by atoms with van der Waals surface area (Å²) in [6.45, 7) is 1.29. The number of nitriles is 1. The zero-order valence-electron chi connectivity index (χ0n) is 14.2. The number of carbonyl (C=O) groups excluding carboxylic acids is 2. The van der Waals surface area contributed by atoms with Gasteiger partial charge in [-0.15, -0.1) is 0 Å². The monoisotopic (exact) mass is 336 g/mol. The van der Waals surface area contributed by atoms with Crippen molar-refractivity contribution in [1.29, 1.82) is 5.26 Å². The second kappa shape index (κ2) is 8.62. The Morgan fingerprint density at radius 3 is 2.40 bits per heavy atom. The van der Waals surface area contributed by atoms with Crippen molar-refractivity contribution in [2.45, 2.75) is 0 Å². The summed E-state index contributed by atoms with van der Waals surface area (Å²) in [5.41, 5.74) is 1.80. The predicted molar refractivity (Wildman–Crippen MR) is 96.4 cm³/mol. The predicted octanol–water partition coefficient (Wildman–Crippen LogP) is 2.10. The Labute approximate surface area is 147 Å². The molecule has 2 N–H and O–H groups in total. The van der Waals surface area contributed by atoms with E-state index in [1.54, 1.807) is 42.5 Å². The van der Waals surface area contributed by atoms with Crippen molar-refractivity contribution in [3.8, 4) is 6.07 Å². The molecule has 2 aromatic carbocycles. The molecule has 0 aliphatic carbocycles. The highest BCUT2D eigenvalue weighted by molar-refractivity contribution is 6.05. The van der Waals surface area contributed by atoms with Crippen LogP contribution in [0, 0.1) is 11.3 Å². The molecule has 6 heteroatoms. The van der Waals surface area contributed by atoms with Crippen molar-refractivity contribution in [2.75, 3.05) is 32.5 Å². The van der Waals surface area contributed by atoms with Gasteiger partial charge in [-0.1, -0.05) is 12.1 Å². The smallest absolute Gasteiger partial charge is 0.255 e. The number of amides is 2. The van der Waals surface area contributed by atoms with Gasteiger partial charge in [-0.25, -0.2) is 0 Å². The summed E-state index contributed by atoms with van der Waals surface area (Å²) in [5.74, 6) is -0.522. The van der Waals surface area contributed by atoms with Gasteiger partial charge in [0, 0.05) is 29.9 Å². The number of likely N-dealkylation sites (N-methyl/N-ethyl adjacent to an activating group) is 1. The Kier molecular flexibility index (Phi) is 6.26. The van der Waals surface area contributed by atoms with Crippen molar-refractivity contribution >= 4 is 17.5 Å². The van der Waals surface area contributed by atoms with Crippen molar-refractivity contribution in [2.24, 2.45) is 0 Å². The minimum absolute atomic E-state index is 0.190. The van der Waals surface area contributed by atoms with Gasteiger partial charge in [-0.05, 0) is 50.5 Å². The first-order chi connectivity index (χ1) is 12.0. The van der Waals surface area contributed by atoms with E-state index in [1.807, 2.05) is 25.1 Å². The molecule has 0 bridgehead atoms. The van der Waals surface area contributed by atoms with Crippen LogP contribution in [-0.4, -0.2) is 43.9 Å². The van der Waals surface area contributed by atoms with E-state index in [1.165, 1.54) is 6.07 Å². The summed E-state index contributed by atoms with van der Waals surface area (Å²) in [4.78, 5) is 26.4. The number of carbonyl (C=O) groups is 2. The molecular weight excluding hydrogens is 316 g/mol. The van der Waals surface area contributed by atoms with Crippen LogP contribution in [-0.2, 0) is 0 Å². The van der Waals surface area contributed by atoms with Crippen LogP contribution in [0.4, 0.5) is 5.69 Å². The molecule has 2 aromatic rings. The molecule has 128 valence electrons. The molecular formula is C19H20N4O2. The Morgan fingerprint density at radius 1 is 1.04 bits per heavy atom. The molecule has 25 heavy (non-hydrogen) atoms. The molecule has 0 saturated carbocycles. The lowest BCUT2D eigenvalue weighted by atomic mass is 10.1. The average molecular weight is 336 g/mol. The summed E-state index contributed by atoms with van der Waals surface area (Å²) >= 11 is 0. The van der Waals surface area contributed by atoms with Crippen LogP contribution in [0.2, 0.25) is 0 Å². The topological polar surface area (TPSA) is 85.2 Å². The van der Waals surface area contributed by atoms with Gasteiger partial charge in [0.15, 0.2) is 0 Å². The number of hydrogen-bond donors (Lipinski definition) is 2. The van der Waals surface area contributed by atoms with Gasteiger partial charge in [-0.3, -0.25) is 9.59 Å². The third-order valence-electron chi connectivity index (χ3n) is 3.48. The Bertz CT molecular complexity index is 809. The van der Waals surface area contributed by atoms with Gasteiger partial charge in [0.25, 0.3) is 11.8 Å². The molecule has 0 aliphatic rings. The van der Waals surface area contributed by atoms with Crippen LogP contribution >= 0.6 is 0 Å². The maximum Gasteiger partial charge on any atom is 0.255 e. The Morgan fingerprint density at radius 2 is 1.72 bits per heavy atom. The number of benzene rings is 2. The maximum atomic E-state index is 12.3. The molecule has 0 atom stereocenters. The highest BCUT2D eigenvalue weighted by Gasteiger charge is 2.10. The molecule has 0 aromatic heterocycles. The molecule has 0 fully saturated rings. The third kappa shape index (κ3) is 5.44. The second-order valence-electron chi connectivity index (χ2n) is 5.79. The lowest BCUT2D eigenvalue weighted by Gasteiger charge is -2.11. The summed E-state index contributed by atoms with van der Waals surface area (Å²) in [5, 5.41) is 14.5. The van der Waals surface area contributed by atoms with Crippen molar-refractivity contribution in [3.63, 3.8) is 0 Å². The number of anilines is 1. The van der Waals surface area contributed by atoms with Gasteiger partial charge in [-0.2, -0.15) is 5.26 Å². The Balaban J connectivity index is 2.04. The number of nitrogens with one attached hydrogen (secondary N) is 2. The summed E-state index contributed by atoms with van der Waals surface area (Å²) in [7, 11) is 3.87. The van der Waals surface area contributed by atoms with E-state index in [4.69, 9.17) is 5.26 Å². The number of rotatable bonds is 6. The Hall–Kier alpha value is -3.17. The van der Waals surface area contributed by atoms with E-state index in [0.29, 0.717) is 28.9 Å². The van der Waals surface area contributed by atoms with Crippen LogP contribution in [0.3, 0.4) is 0 Å². The highest BCUT2D eigenvalue weighted by Crippen LogP contribution is 2.13. The first kappa shape index (κ1) is 18.2. The molecule has 0 spiro atoms. The zero-order valence-corrected chi connectivity index (χ0v) is 14.2. The van der Waals surface area contributed by atoms with Crippen molar-refractivity contribution in [1.82, 2.24) is 10.2 Å². The minimum Gasteiger partial charge on any atom is -0.351 e. The van der Waals surface area contributed by atoms with Gasteiger partial charge in [0.1, 0.15) is 0 Å². The van der Waals surface area contributed by atoms with Crippen LogP contribution in [0.15, 0.2) is 48.5 Å². The number of hydrogen-bond acceptors (Lipinski definition) is 4. The van der Waals surface area contributed by atoms with Gasteiger partial charge in [0.2, 0.25) is 0 Å². The van der Waals surface area contributed by atoms with E-state index >= 15 is 0 Å². The average Bonchev–Trinajstić information content (AvgIpc) is 2.61. The summed E-state index contributed by atoms with van der Waals surface area (Å²) in [6, 6.07) is 15.2. The van der Waals surface area contributed by atoms with Gasteiger partial charge in [0.05, 0.1) is 11.6 Å². The lowest BCUT2D eigenvalue weighted by Crippen LogP contribution is -2.31. The van der Waals surface area contributed by atoms with Crippen LogP contribution in [0.1, 0.15) is 26.3 Å². The fourth-order valence-electron chi connectivity index (χ4n) is 2.17. The van der Waals surface area contributed by atoms with Crippen LogP contribution in [0.25, 0.3) is 0 Å². The molecule has 0 unspecified atom stereocenters. The quantitative estimate of drug-likeness (QED) is 0.846. The molecule has 0 aliphatic heterocycles. The summed E-state index contributed by atoms with van der Waals surface area (Å²) < 4.78 is 0. The second-order valence-corrected chi connectivity index (χ2v) is 5.79. The normalized spacial score (nSPS) is 10.2. The standard InChI is InChI=1S/C19H20N4O2/c1-23(2)10-9-21-18(24)16-7-4-8-17(12-16)22-19(25)15-6-3-5-14(11-15)13-20/h3-8,11-12H,9-10H2,1-2H3,(H,21,24)(H,22,25). The van der Waals surface area contributed by atoms with E-state index in [-0.39, 0.29) is 11.8 Å². The van der Waals surface area contributed by atoms with Crippen LogP contribution in [0.5, 0.6) is 0 Å².